The summed E-state index contributed by atoms with van der Waals surface area (Å²) in [6.07, 6.45) is 6.70. The lowest BCUT2D eigenvalue weighted by atomic mass is 10.1. The standard InChI is InChI=1S/C26H30N6O/c1-19(2)29-26(33)23-6-3-5-22(15-23)25-16-24(30-31-25)21-9-7-20(8-10-21)17-27-11-4-13-32-14-12-28-18-32/h3,5-10,12,14-16,18-19,27H,4,11,13,17H2,1-2H3,(H,29,33)(H,30,31). The first-order chi connectivity index (χ1) is 16.1. The molecular formula is C26H30N6O. The van der Waals surface area contributed by atoms with Gasteiger partial charge in [0.2, 0.25) is 0 Å². The number of imidazole rings is 1. The van der Waals surface area contributed by atoms with Crippen molar-refractivity contribution in [3.8, 4) is 22.5 Å². The van der Waals surface area contributed by atoms with Crippen LogP contribution in [0.25, 0.3) is 22.5 Å². The lowest BCUT2D eigenvalue weighted by Gasteiger charge is -2.08. The second kappa shape index (κ2) is 10.7. The molecule has 0 saturated heterocycles. The second-order valence-corrected chi connectivity index (χ2v) is 8.40. The van der Waals surface area contributed by atoms with Crippen LogP contribution >= 0.6 is 0 Å². The largest absolute Gasteiger partial charge is 0.350 e. The Hall–Kier alpha value is -3.71. The van der Waals surface area contributed by atoms with E-state index in [0.717, 1.165) is 48.6 Å². The van der Waals surface area contributed by atoms with Crippen molar-refractivity contribution >= 4 is 5.91 Å². The van der Waals surface area contributed by atoms with Gasteiger partial charge < -0.3 is 15.2 Å². The number of nitrogens with zero attached hydrogens (tertiary/aromatic N) is 3. The van der Waals surface area contributed by atoms with Gasteiger partial charge >= 0.3 is 0 Å². The highest BCUT2D eigenvalue weighted by Gasteiger charge is 2.11. The van der Waals surface area contributed by atoms with Crippen molar-refractivity contribution in [1.29, 1.82) is 0 Å². The maximum atomic E-state index is 12.3. The molecule has 2 aromatic heterocycles. The van der Waals surface area contributed by atoms with Crippen LogP contribution in [0.2, 0.25) is 0 Å². The minimum Gasteiger partial charge on any atom is -0.350 e. The van der Waals surface area contributed by atoms with Crippen LogP contribution in [-0.4, -0.2) is 38.2 Å². The molecule has 1 amide bonds. The Labute approximate surface area is 194 Å². The van der Waals surface area contributed by atoms with E-state index in [9.17, 15) is 4.79 Å². The molecule has 4 aromatic rings. The summed E-state index contributed by atoms with van der Waals surface area (Å²) < 4.78 is 2.09. The maximum Gasteiger partial charge on any atom is 0.251 e. The SMILES string of the molecule is CC(C)NC(=O)c1cccc(-c2cc(-c3ccc(CNCCCn4ccnc4)cc3)[nH]n2)c1. The lowest BCUT2D eigenvalue weighted by molar-refractivity contribution is 0.0943. The number of hydrogen-bond donors (Lipinski definition) is 3. The molecule has 0 bridgehead atoms. The summed E-state index contributed by atoms with van der Waals surface area (Å²) in [4.78, 5) is 16.4. The first-order valence-corrected chi connectivity index (χ1v) is 11.3. The summed E-state index contributed by atoms with van der Waals surface area (Å²) in [7, 11) is 0. The number of benzene rings is 2. The van der Waals surface area contributed by atoms with Crippen LogP contribution in [0.3, 0.4) is 0 Å². The number of hydrogen-bond acceptors (Lipinski definition) is 4. The fourth-order valence-electron chi connectivity index (χ4n) is 3.62. The molecule has 170 valence electrons. The van der Waals surface area contributed by atoms with E-state index in [2.05, 4.69) is 54.6 Å². The molecule has 0 radical (unpaired) electrons. The number of carbonyl (C=O) groups is 1. The van der Waals surface area contributed by atoms with E-state index in [4.69, 9.17) is 0 Å². The van der Waals surface area contributed by atoms with Crippen molar-refractivity contribution in [2.24, 2.45) is 0 Å². The minimum absolute atomic E-state index is 0.0754. The molecule has 0 aliphatic heterocycles. The smallest absolute Gasteiger partial charge is 0.251 e. The summed E-state index contributed by atoms with van der Waals surface area (Å²) in [5, 5.41) is 14.0. The van der Waals surface area contributed by atoms with Gasteiger partial charge in [-0.1, -0.05) is 36.4 Å². The molecule has 0 fully saturated rings. The fraction of sp³-hybridized carbons (Fsp3) is 0.269. The van der Waals surface area contributed by atoms with Crippen LogP contribution in [0.15, 0.2) is 73.3 Å². The van der Waals surface area contributed by atoms with Crippen LogP contribution in [0.5, 0.6) is 0 Å². The molecule has 0 unspecified atom stereocenters. The van der Waals surface area contributed by atoms with Gasteiger partial charge in [0, 0.05) is 42.7 Å². The molecule has 0 aliphatic rings. The predicted octanol–water partition coefficient (Wildman–Crippen LogP) is 4.26. The minimum atomic E-state index is -0.0754. The molecular weight excluding hydrogens is 412 g/mol. The van der Waals surface area contributed by atoms with Crippen molar-refractivity contribution in [2.45, 2.75) is 39.4 Å². The molecule has 0 atom stereocenters. The van der Waals surface area contributed by atoms with Crippen LogP contribution in [0.4, 0.5) is 0 Å². The number of aromatic nitrogens is 4. The van der Waals surface area contributed by atoms with Gasteiger partial charge in [-0.15, -0.1) is 0 Å². The van der Waals surface area contributed by atoms with Gasteiger partial charge in [-0.2, -0.15) is 5.10 Å². The first kappa shape index (κ1) is 22.5. The van der Waals surface area contributed by atoms with Crippen LogP contribution in [0.1, 0.15) is 36.2 Å². The van der Waals surface area contributed by atoms with Crippen molar-refractivity contribution in [3.63, 3.8) is 0 Å². The molecule has 2 aromatic carbocycles. The number of aryl methyl sites for hydroxylation is 1. The Morgan fingerprint density at radius 3 is 2.70 bits per heavy atom. The number of carbonyl (C=O) groups excluding carboxylic acids is 1. The zero-order valence-corrected chi connectivity index (χ0v) is 19.1. The van der Waals surface area contributed by atoms with E-state index in [-0.39, 0.29) is 11.9 Å². The van der Waals surface area contributed by atoms with Gasteiger partial charge in [0.05, 0.1) is 17.7 Å². The van der Waals surface area contributed by atoms with E-state index in [1.807, 2.05) is 56.7 Å². The number of aromatic amines is 1. The summed E-state index contributed by atoms with van der Waals surface area (Å²) in [5.74, 6) is -0.0754. The fourth-order valence-corrected chi connectivity index (χ4v) is 3.62. The molecule has 0 aliphatic carbocycles. The first-order valence-electron chi connectivity index (χ1n) is 11.3. The van der Waals surface area contributed by atoms with Gasteiger partial charge in [0.1, 0.15) is 0 Å². The summed E-state index contributed by atoms with van der Waals surface area (Å²) >= 11 is 0. The Balaban J connectivity index is 1.33. The molecule has 0 saturated carbocycles. The van der Waals surface area contributed by atoms with E-state index in [1.54, 1.807) is 6.20 Å². The number of amides is 1. The molecule has 3 N–H and O–H groups in total. The second-order valence-electron chi connectivity index (χ2n) is 8.40. The number of H-pyrrole nitrogens is 1. The van der Waals surface area contributed by atoms with Gasteiger partial charge in [-0.25, -0.2) is 4.98 Å². The molecule has 7 nitrogen and oxygen atoms in total. The third kappa shape index (κ3) is 6.17. The third-order valence-electron chi connectivity index (χ3n) is 5.34. The molecule has 2 heterocycles. The zero-order valence-electron chi connectivity index (χ0n) is 19.1. The maximum absolute atomic E-state index is 12.3. The lowest BCUT2D eigenvalue weighted by Crippen LogP contribution is -2.30. The highest BCUT2D eigenvalue weighted by atomic mass is 16.1. The average molecular weight is 443 g/mol. The molecule has 33 heavy (non-hydrogen) atoms. The third-order valence-corrected chi connectivity index (χ3v) is 5.34. The summed E-state index contributed by atoms with van der Waals surface area (Å²) in [6.45, 7) is 6.67. The zero-order chi connectivity index (χ0) is 23.0. The van der Waals surface area contributed by atoms with Crippen molar-refractivity contribution in [3.05, 3.63) is 84.4 Å². The molecule has 0 spiro atoms. The van der Waals surface area contributed by atoms with Gasteiger partial charge in [-0.05, 0) is 56.1 Å². The Bertz CT molecular complexity index is 1160. The normalized spacial score (nSPS) is 11.1. The highest BCUT2D eigenvalue weighted by Crippen LogP contribution is 2.25. The van der Waals surface area contributed by atoms with Crippen molar-refractivity contribution in [2.75, 3.05) is 6.54 Å². The summed E-state index contributed by atoms with van der Waals surface area (Å²) in [5.41, 5.74) is 5.61. The van der Waals surface area contributed by atoms with E-state index in [1.165, 1.54) is 5.56 Å². The quantitative estimate of drug-likeness (QED) is 0.320. The Morgan fingerprint density at radius 1 is 1.09 bits per heavy atom. The van der Waals surface area contributed by atoms with Crippen LogP contribution < -0.4 is 10.6 Å². The van der Waals surface area contributed by atoms with E-state index in [0.29, 0.717) is 5.56 Å². The molecule has 7 heteroatoms. The van der Waals surface area contributed by atoms with Crippen LogP contribution in [0, 0.1) is 0 Å². The summed E-state index contributed by atoms with van der Waals surface area (Å²) in [6, 6.07) is 18.1. The molecule has 4 rings (SSSR count). The predicted molar refractivity (Wildman–Crippen MR) is 131 cm³/mol. The van der Waals surface area contributed by atoms with Crippen molar-refractivity contribution in [1.82, 2.24) is 30.4 Å². The van der Waals surface area contributed by atoms with Crippen molar-refractivity contribution < 1.29 is 4.79 Å². The van der Waals surface area contributed by atoms with E-state index >= 15 is 0 Å². The number of nitrogens with one attached hydrogen (secondary N) is 3. The van der Waals surface area contributed by atoms with Crippen LogP contribution in [-0.2, 0) is 13.1 Å². The Kier molecular flexibility index (Phi) is 7.32. The topological polar surface area (TPSA) is 87.6 Å². The monoisotopic (exact) mass is 442 g/mol. The highest BCUT2D eigenvalue weighted by molar-refractivity contribution is 5.95. The van der Waals surface area contributed by atoms with Gasteiger partial charge in [0.15, 0.2) is 0 Å². The van der Waals surface area contributed by atoms with Gasteiger partial charge in [0.25, 0.3) is 5.91 Å². The Morgan fingerprint density at radius 2 is 1.94 bits per heavy atom. The average Bonchev–Trinajstić information content (AvgIpc) is 3.52. The number of rotatable bonds is 10. The van der Waals surface area contributed by atoms with E-state index < -0.39 is 0 Å². The van der Waals surface area contributed by atoms with Gasteiger partial charge in [-0.3, -0.25) is 9.89 Å².